The Morgan fingerprint density at radius 3 is 2.47 bits per heavy atom. The molecule has 0 amide bonds. The molecule has 3 rings (SSSR count). The van der Waals surface area contributed by atoms with Crippen LogP contribution in [-0.4, -0.2) is 23.2 Å². The molecule has 6 unspecified atom stereocenters. The molecule has 0 radical (unpaired) electrons. The van der Waals surface area contributed by atoms with Gasteiger partial charge in [-0.2, -0.15) is 11.8 Å². The summed E-state index contributed by atoms with van der Waals surface area (Å²) in [4.78, 5) is 0. The van der Waals surface area contributed by atoms with Crippen molar-refractivity contribution in [1.29, 1.82) is 0 Å². The predicted octanol–water partition coefficient (Wildman–Crippen LogP) is 4.11. The third-order valence-electron chi connectivity index (χ3n) is 5.20. The number of rotatable bonds is 2. The standard InChI is InChI=1S/C15H26OS/c1-3-16-11-5-7-13-12-6-4-10(2)8-14(12)17-15(13)9-11/h10-15H,3-9H2,1-2H3. The van der Waals surface area contributed by atoms with Gasteiger partial charge in [0.15, 0.2) is 0 Å². The third kappa shape index (κ3) is 2.40. The van der Waals surface area contributed by atoms with Crippen LogP contribution >= 0.6 is 11.8 Å². The number of hydrogen-bond donors (Lipinski definition) is 0. The summed E-state index contributed by atoms with van der Waals surface area (Å²) in [6.45, 7) is 5.48. The van der Waals surface area contributed by atoms with Gasteiger partial charge in [-0.3, -0.25) is 0 Å². The highest BCUT2D eigenvalue weighted by Crippen LogP contribution is 2.55. The molecule has 2 aliphatic carbocycles. The first kappa shape index (κ1) is 12.3. The van der Waals surface area contributed by atoms with E-state index in [0.29, 0.717) is 6.10 Å². The lowest BCUT2D eigenvalue weighted by molar-refractivity contribution is 0.0214. The Morgan fingerprint density at radius 2 is 1.71 bits per heavy atom. The predicted molar refractivity (Wildman–Crippen MR) is 74.4 cm³/mol. The van der Waals surface area contributed by atoms with Crippen LogP contribution in [0.5, 0.6) is 0 Å². The summed E-state index contributed by atoms with van der Waals surface area (Å²) in [5.41, 5.74) is 0. The maximum absolute atomic E-state index is 5.85. The Morgan fingerprint density at radius 1 is 1.00 bits per heavy atom. The van der Waals surface area contributed by atoms with Gasteiger partial charge in [0.05, 0.1) is 6.10 Å². The SMILES string of the molecule is CCOC1CCC2C(C1)SC1CC(C)CCC12. The maximum Gasteiger partial charge on any atom is 0.0585 e. The second-order valence-electron chi connectivity index (χ2n) is 6.35. The van der Waals surface area contributed by atoms with Gasteiger partial charge in [-0.15, -0.1) is 0 Å². The van der Waals surface area contributed by atoms with Gasteiger partial charge in [0.2, 0.25) is 0 Å². The fraction of sp³-hybridized carbons (Fsp3) is 1.00. The minimum Gasteiger partial charge on any atom is -0.378 e. The topological polar surface area (TPSA) is 9.23 Å². The Balaban J connectivity index is 1.63. The highest BCUT2D eigenvalue weighted by molar-refractivity contribution is 8.00. The van der Waals surface area contributed by atoms with Crippen molar-refractivity contribution in [1.82, 2.24) is 0 Å². The summed E-state index contributed by atoms with van der Waals surface area (Å²) >= 11 is 2.33. The Hall–Kier alpha value is 0.310. The molecule has 6 atom stereocenters. The first-order chi connectivity index (χ1) is 8.28. The second kappa shape index (κ2) is 5.13. The molecule has 1 aliphatic heterocycles. The molecule has 0 N–H and O–H groups in total. The fourth-order valence-corrected chi connectivity index (χ4v) is 6.67. The van der Waals surface area contributed by atoms with Crippen LogP contribution in [-0.2, 0) is 4.74 Å². The number of fused-ring (bicyclic) bond motifs is 3. The van der Waals surface area contributed by atoms with E-state index in [1.165, 1.54) is 38.5 Å². The molecule has 1 nitrogen and oxygen atoms in total. The lowest BCUT2D eigenvalue weighted by atomic mass is 9.71. The first-order valence-corrected chi connectivity index (χ1v) is 8.49. The van der Waals surface area contributed by atoms with Crippen molar-refractivity contribution in [3.05, 3.63) is 0 Å². The van der Waals surface area contributed by atoms with Crippen molar-refractivity contribution in [3.63, 3.8) is 0 Å². The first-order valence-electron chi connectivity index (χ1n) is 7.55. The van der Waals surface area contributed by atoms with Gasteiger partial charge in [-0.25, -0.2) is 0 Å². The number of thioether (sulfide) groups is 1. The summed E-state index contributed by atoms with van der Waals surface area (Å²) in [6.07, 6.45) is 9.17. The van der Waals surface area contributed by atoms with E-state index in [1.54, 1.807) is 0 Å². The Labute approximate surface area is 110 Å². The second-order valence-corrected chi connectivity index (χ2v) is 7.83. The van der Waals surface area contributed by atoms with Crippen LogP contribution in [0.2, 0.25) is 0 Å². The monoisotopic (exact) mass is 254 g/mol. The van der Waals surface area contributed by atoms with Crippen molar-refractivity contribution >= 4 is 11.8 Å². The van der Waals surface area contributed by atoms with E-state index in [0.717, 1.165) is 34.9 Å². The average molecular weight is 254 g/mol. The Kier molecular flexibility index (Phi) is 3.72. The van der Waals surface area contributed by atoms with Crippen LogP contribution in [0, 0.1) is 17.8 Å². The lowest BCUT2D eigenvalue weighted by Gasteiger charge is -2.35. The zero-order chi connectivity index (χ0) is 11.8. The van der Waals surface area contributed by atoms with Gasteiger partial charge < -0.3 is 4.74 Å². The van der Waals surface area contributed by atoms with Gasteiger partial charge >= 0.3 is 0 Å². The molecule has 0 aromatic rings. The van der Waals surface area contributed by atoms with Crippen molar-refractivity contribution in [2.24, 2.45) is 17.8 Å². The minimum absolute atomic E-state index is 0.575. The van der Waals surface area contributed by atoms with Crippen LogP contribution in [0.1, 0.15) is 52.4 Å². The lowest BCUT2D eigenvalue weighted by Crippen LogP contribution is -2.33. The van der Waals surface area contributed by atoms with Crippen LogP contribution in [0.4, 0.5) is 0 Å². The van der Waals surface area contributed by atoms with Crippen molar-refractivity contribution in [2.75, 3.05) is 6.61 Å². The molecule has 3 fully saturated rings. The van der Waals surface area contributed by atoms with Crippen LogP contribution in [0.15, 0.2) is 0 Å². The molecule has 3 aliphatic rings. The molecular weight excluding hydrogens is 228 g/mol. The van der Waals surface area contributed by atoms with Gasteiger partial charge in [-0.05, 0) is 56.8 Å². The Bertz CT molecular complexity index is 268. The minimum atomic E-state index is 0.575. The van der Waals surface area contributed by atoms with E-state index in [4.69, 9.17) is 4.74 Å². The van der Waals surface area contributed by atoms with Gasteiger partial charge in [0, 0.05) is 17.1 Å². The van der Waals surface area contributed by atoms with Crippen LogP contribution < -0.4 is 0 Å². The summed E-state index contributed by atoms with van der Waals surface area (Å²) in [5.74, 6) is 3.07. The van der Waals surface area contributed by atoms with Crippen LogP contribution in [0.3, 0.4) is 0 Å². The zero-order valence-corrected chi connectivity index (χ0v) is 12.0. The molecule has 0 spiro atoms. The smallest absolute Gasteiger partial charge is 0.0585 e. The molecule has 2 heteroatoms. The van der Waals surface area contributed by atoms with E-state index < -0.39 is 0 Å². The van der Waals surface area contributed by atoms with Crippen molar-refractivity contribution < 1.29 is 4.74 Å². The zero-order valence-electron chi connectivity index (χ0n) is 11.2. The molecule has 0 aromatic heterocycles. The van der Waals surface area contributed by atoms with E-state index in [9.17, 15) is 0 Å². The quantitative estimate of drug-likeness (QED) is 0.733. The van der Waals surface area contributed by atoms with Gasteiger partial charge in [0.1, 0.15) is 0 Å². The fourth-order valence-electron chi connectivity index (χ4n) is 4.37. The molecular formula is C15H26OS. The summed E-state index contributed by atoms with van der Waals surface area (Å²) in [5, 5.41) is 1.93. The number of ether oxygens (including phenoxy) is 1. The molecule has 98 valence electrons. The molecule has 0 aromatic carbocycles. The molecule has 1 saturated heterocycles. The van der Waals surface area contributed by atoms with Gasteiger partial charge in [0.25, 0.3) is 0 Å². The summed E-state index contributed by atoms with van der Waals surface area (Å²) in [6, 6.07) is 0. The maximum atomic E-state index is 5.85. The van der Waals surface area contributed by atoms with E-state index in [2.05, 4.69) is 25.6 Å². The normalized spacial score (nSPS) is 49.8. The van der Waals surface area contributed by atoms with E-state index in [1.807, 2.05) is 0 Å². The molecule has 0 bridgehead atoms. The van der Waals surface area contributed by atoms with E-state index >= 15 is 0 Å². The van der Waals surface area contributed by atoms with Crippen molar-refractivity contribution in [3.8, 4) is 0 Å². The average Bonchev–Trinajstić information content (AvgIpc) is 2.65. The highest BCUT2D eigenvalue weighted by Gasteiger charge is 2.47. The van der Waals surface area contributed by atoms with Crippen LogP contribution in [0.25, 0.3) is 0 Å². The molecule has 2 saturated carbocycles. The summed E-state index contributed by atoms with van der Waals surface area (Å²) in [7, 11) is 0. The van der Waals surface area contributed by atoms with Crippen molar-refractivity contribution in [2.45, 2.75) is 69.0 Å². The third-order valence-corrected chi connectivity index (χ3v) is 6.98. The highest BCUT2D eigenvalue weighted by atomic mass is 32.2. The van der Waals surface area contributed by atoms with E-state index in [-0.39, 0.29) is 0 Å². The summed E-state index contributed by atoms with van der Waals surface area (Å²) < 4.78 is 5.85. The largest absolute Gasteiger partial charge is 0.378 e. The van der Waals surface area contributed by atoms with Gasteiger partial charge in [-0.1, -0.05) is 13.3 Å². The molecule has 17 heavy (non-hydrogen) atoms. The molecule has 1 heterocycles. The number of hydrogen-bond acceptors (Lipinski definition) is 2.